The molecule has 1 aromatic heterocycles. The van der Waals surface area contributed by atoms with Gasteiger partial charge in [0.15, 0.2) is 0 Å². The normalized spacial score (nSPS) is 10.9. The minimum absolute atomic E-state index is 0.0452. The topological polar surface area (TPSA) is 73.5 Å². The molecule has 0 unspecified atom stereocenters. The number of para-hydroxylation sites is 1. The highest BCUT2D eigenvalue weighted by molar-refractivity contribution is 5.74. The summed E-state index contributed by atoms with van der Waals surface area (Å²) in [5, 5.41) is 8.96. The molecule has 0 amide bonds. The number of carboxylic acid groups (broad SMARTS) is 1. The van der Waals surface area contributed by atoms with Gasteiger partial charge in [-0.3, -0.25) is 9.13 Å². The summed E-state index contributed by atoms with van der Waals surface area (Å²) in [6.07, 6.45) is 5.75. The summed E-state index contributed by atoms with van der Waals surface area (Å²) < 4.78 is 8.61. The largest absolute Gasteiger partial charge is 0.511 e. The van der Waals surface area contributed by atoms with Gasteiger partial charge in [0.25, 0.3) is 0 Å². The molecule has 0 spiro atoms. The Balaban J connectivity index is 1.85. The van der Waals surface area contributed by atoms with Crippen LogP contribution in [0.2, 0.25) is 0 Å². The van der Waals surface area contributed by atoms with Crippen molar-refractivity contribution in [3.05, 3.63) is 76.5 Å². The van der Waals surface area contributed by atoms with Crippen molar-refractivity contribution in [2.45, 2.75) is 59.0 Å². The lowest BCUT2D eigenvalue weighted by Crippen LogP contribution is -2.25. The molecule has 6 heteroatoms. The van der Waals surface area contributed by atoms with Crippen molar-refractivity contribution in [3.8, 4) is 16.9 Å². The molecule has 0 bridgehead atoms. The van der Waals surface area contributed by atoms with Gasteiger partial charge in [0.2, 0.25) is 0 Å². The molecule has 0 atom stereocenters. The number of aromatic nitrogens is 2. The highest BCUT2D eigenvalue weighted by Crippen LogP contribution is 2.30. The van der Waals surface area contributed by atoms with Crippen molar-refractivity contribution >= 4 is 6.16 Å². The van der Waals surface area contributed by atoms with Gasteiger partial charge in [-0.1, -0.05) is 69.2 Å². The number of unbranched alkanes of at least 4 members (excludes halogenated alkanes) is 2. The monoisotopic (exact) mass is 422 g/mol. The number of hydrogen-bond donors (Lipinski definition) is 1. The van der Waals surface area contributed by atoms with E-state index in [2.05, 4.69) is 13.8 Å². The van der Waals surface area contributed by atoms with Crippen LogP contribution in [0.5, 0.6) is 5.75 Å². The smallest absolute Gasteiger partial charge is 0.449 e. The van der Waals surface area contributed by atoms with E-state index < -0.39 is 6.16 Å². The molecule has 0 saturated carbocycles. The van der Waals surface area contributed by atoms with Crippen molar-refractivity contribution in [1.29, 1.82) is 0 Å². The van der Waals surface area contributed by atoms with Crippen LogP contribution in [-0.4, -0.2) is 20.4 Å². The number of nitrogens with zero attached hydrogens (tertiary/aromatic N) is 2. The Hall–Kier alpha value is -3.28. The molecule has 2 aromatic carbocycles. The molecule has 3 rings (SSSR count). The summed E-state index contributed by atoms with van der Waals surface area (Å²) >= 11 is 0. The van der Waals surface area contributed by atoms with E-state index >= 15 is 0 Å². The fourth-order valence-corrected chi connectivity index (χ4v) is 3.66. The average molecular weight is 423 g/mol. The van der Waals surface area contributed by atoms with Crippen LogP contribution in [0.15, 0.2) is 59.5 Å². The predicted molar refractivity (Wildman–Crippen MR) is 122 cm³/mol. The second kappa shape index (κ2) is 10.7. The maximum Gasteiger partial charge on any atom is 0.511 e. The summed E-state index contributed by atoms with van der Waals surface area (Å²) in [5.74, 6) is 0.300. The van der Waals surface area contributed by atoms with E-state index in [-0.39, 0.29) is 5.69 Å². The van der Waals surface area contributed by atoms with Crippen LogP contribution >= 0.6 is 0 Å². The highest BCUT2D eigenvalue weighted by atomic mass is 16.7. The Morgan fingerprint density at radius 2 is 1.71 bits per heavy atom. The van der Waals surface area contributed by atoms with Gasteiger partial charge in [-0.25, -0.2) is 9.59 Å². The fourth-order valence-electron chi connectivity index (χ4n) is 3.66. The minimum Gasteiger partial charge on any atom is -0.449 e. The molecule has 0 aliphatic carbocycles. The van der Waals surface area contributed by atoms with Crippen LogP contribution in [0, 0.1) is 0 Å². The van der Waals surface area contributed by atoms with Crippen molar-refractivity contribution in [2.24, 2.45) is 0 Å². The van der Waals surface area contributed by atoms with Crippen LogP contribution in [0.3, 0.4) is 0 Å². The summed E-state index contributed by atoms with van der Waals surface area (Å²) in [6, 6.07) is 14.9. The Bertz CT molecular complexity index is 1060. The summed E-state index contributed by atoms with van der Waals surface area (Å²) in [6.45, 7) is 5.55. The van der Waals surface area contributed by atoms with Crippen LogP contribution in [0.25, 0.3) is 11.1 Å². The molecule has 0 radical (unpaired) electrons. The first-order valence-corrected chi connectivity index (χ1v) is 10.9. The summed E-state index contributed by atoms with van der Waals surface area (Å²) in [7, 11) is 0. The molecule has 1 heterocycles. The molecular weight excluding hydrogens is 392 g/mol. The van der Waals surface area contributed by atoms with E-state index in [1.54, 1.807) is 12.1 Å². The lowest BCUT2D eigenvalue weighted by molar-refractivity contribution is 0.144. The second-order valence-corrected chi connectivity index (χ2v) is 7.70. The van der Waals surface area contributed by atoms with E-state index in [4.69, 9.17) is 9.84 Å². The number of rotatable bonds is 10. The van der Waals surface area contributed by atoms with Gasteiger partial charge in [-0.05, 0) is 36.5 Å². The molecular formula is C25H30N2O4. The number of carbonyl (C=O) groups is 1. The zero-order chi connectivity index (χ0) is 22.2. The highest BCUT2D eigenvalue weighted by Gasteiger charge is 2.13. The van der Waals surface area contributed by atoms with Gasteiger partial charge in [0.1, 0.15) is 5.75 Å². The third-order valence-corrected chi connectivity index (χ3v) is 5.36. The molecule has 6 nitrogen and oxygen atoms in total. The molecule has 0 fully saturated rings. The van der Waals surface area contributed by atoms with Crippen LogP contribution in [-0.2, 0) is 19.5 Å². The second-order valence-electron chi connectivity index (χ2n) is 7.70. The lowest BCUT2D eigenvalue weighted by Gasteiger charge is -2.10. The SMILES string of the molecule is CCCCc1cn(CCCC)c(=O)n1Cc1ccc(-c2ccccc2OC(=O)O)cc1. The summed E-state index contributed by atoms with van der Waals surface area (Å²) in [5.41, 5.74) is 3.71. The average Bonchev–Trinajstić information content (AvgIpc) is 3.06. The van der Waals surface area contributed by atoms with Gasteiger partial charge in [0.05, 0.1) is 6.54 Å². The van der Waals surface area contributed by atoms with Crippen LogP contribution in [0.4, 0.5) is 4.79 Å². The minimum atomic E-state index is -1.34. The van der Waals surface area contributed by atoms with Crippen molar-refractivity contribution in [1.82, 2.24) is 9.13 Å². The maximum absolute atomic E-state index is 13.0. The molecule has 0 aliphatic heterocycles. The predicted octanol–water partition coefficient (Wildman–Crippen LogP) is 5.56. The first-order valence-electron chi connectivity index (χ1n) is 10.9. The Morgan fingerprint density at radius 1 is 1.00 bits per heavy atom. The first-order chi connectivity index (χ1) is 15.0. The van der Waals surface area contributed by atoms with Crippen LogP contribution < -0.4 is 10.4 Å². The van der Waals surface area contributed by atoms with Gasteiger partial charge >= 0.3 is 11.8 Å². The van der Waals surface area contributed by atoms with Gasteiger partial charge in [0, 0.05) is 24.0 Å². The van der Waals surface area contributed by atoms with E-state index in [0.717, 1.165) is 55.5 Å². The standard InChI is InChI=1S/C25H30N2O4/c1-3-5-9-21-18-26(16-6-4-2)24(28)27(21)17-19-12-14-20(15-13-19)22-10-7-8-11-23(22)31-25(29)30/h7-8,10-15,18H,3-6,9,16-17H2,1-2H3,(H,29,30). The van der Waals surface area contributed by atoms with Crippen molar-refractivity contribution in [2.75, 3.05) is 0 Å². The zero-order valence-electron chi connectivity index (χ0n) is 18.2. The lowest BCUT2D eigenvalue weighted by atomic mass is 10.0. The fraction of sp³-hybridized carbons (Fsp3) is 0.360. The first kappa shape index (κ1) is 22.4. The molecule has 31 heavy (non-hydrogen) atoms. The third-order valence-electron chi connectivity index (χ3n) is 5.36. The Labute approximate surface area is 182 Å². The van der Waals surface area contributed by atoms with Gasteiger partial charge in [-0.2, -0.15) is 0 Å². The number of ether oxygens (including phenoxy) is 1. The zero-order valence-corrected chi connectivity index (χ0v) is 18.2. The third kappa shape index (κ3) is 5.66. The Morgan fingerprint density at radius 3 is 2.39 bits per heavy atom. The molecule has 3 aromatic rings. The molecule has 1 N–H and O–H groups in total. The van der Waals surface area contributed by atoms with E-state index in [9.17, 15) is 9.59 Å². The summed E-state index contributed by atoms with van der Waals surface area (Å²) in [4.78, 5) is 23.9. The van der Waals surface area contributed by atoms with E-state index in [1.807, 2.05) is 51.7 Å². The molecule has 0 aliphatic rings. The van der Waals surface area contributed by atoms with Crippen molar-refractivity contribution in [3.63, 3.8) is 0 Å². The van der Waals surface area contributed by atoms with Gasteiger partial charge in [-0.15, -0.1) is 0 Å². The van der Waals surface area contributed by atoms with E-state index in [0.29, 0.717) is 17.9 Å². The number of imidazole rings is 1. The Kier molecular flexibility index (Phi) is 7.70. The number of aryl methyl sites for hydroxylation is 2. The van der Waals surface area contributed by atoms with Crippen LogP contribution in [0.1, 0.15) is 50.8 Å². The number of hydrogen-bond acceptors (Lipinski definition) is 3. The van der Waals surface area contributed by atoms with E-state index in [1.165, 1.54) is 0 Å². The quantitative estimate of drug-likeness (QED) is 0.343. The number of benzene rings is 2. The molecule has 0 saturated heterocycles. The maximum atomic E-state index is 13.0. The van der Waals surface area contributed by atoms with Crippen molar-refractivity contribution < 1.29 is 14.6 Å². The van der Waals surface area contributed by atoms with Gasteiger partial charge < -0.3 is 9.84 Å². The molecule has 164 valence electrons.